The third-order valence-corrected chi connectivity index (χ3v) is 4.54. The predicted octanol–water partition coefficient (Wildman–Crippen LogP) is 4.44. The van der Waals surface area contributed by atoms with E-state index in [1.807, 2.05) is 25.1 Å². The number of rotatable bonds is 4. The first-order chi connectivity index (χ1) is 9.69. The highest BCUT2D eigenvalue weighted by Gasteiger charge is 2.13. The van der Waals surface area contributed by atoms with Crippen LogP contribution >= 0.6 is 34.5 Å². The predicted molar refractivity (Wildman–Crippen MR) is 84.9 cm³/mol. The molecule has 0 N–H and O–H groups in total. The van der Waals surface area contributed by atoms with Crippen LogP contribution in [-0.2, 0) is 18.8 Å². The van der Waals surface area contributed by atoms with E-state index in [9.17, 15) is 0 Å². The van der Waals surface area contributed by atoms with Gasteiger partial charge in [-0.25, -0.2) is 9.97 Å². The summed E-state index contributed by atoms with van der Waals surface area (Å²) in [4.78, 5) is 9.03. The number of benzene rings is 1. The molecule has 20 heavy (non-hydrogen) atoms. The average Bonchev–Trinajstić information content (AvgIpc) is 3.00. The van der Waals surface area contributed by atoms with Crippen LogP contribution in [0.3, 0.4) is 0 Å². The van der Waals surface area contributed by atoms with Crippen molar-refractivity contribution in [3.05, 3.63) is 45.1 Å². The van der Waals surface area contributed by atoms with E-state index in [4.69, 9.17) is 23.2 Å². The largest absolute Gasteiger partial charge is 0.325 e. The molecule has 0 bridgehead atoms. The third-order valence-electron chi connectivity index (χ3n) is 3.17. The highest BCUT2D eigenvalue weighted by Crippen LogP contribution is 2.25. The van der Waals surface area contributed by atoms with Crippen molar-refractivity contribution in [1.29, 1.82) is 0 Å². The molecule has 0 aliphatic carbocycles. The molecule has 3 rings (SSSR count). The summed E-state index contributed by atoms with van der Waals surface area (Å²) in [5, 5.41) is 3.89. The number of para-hydroxylation sites is 1. The Balaban J connectivity index is 1.97. The molecule has 3 nitrogen and oxygen atoms in total. The number of halogens is 2. The molecule has 3 aromatic rings. The maximum Gasteiger partial charge on any atom is 0.124 e. The molecule has 0 saturated heterocycles. The summed E-state index contributed by atoms with van der Waals surface area (Å²) >= 11 is 14.0. The van der Waals surface area contributed by atoms with Crippen molar-refractivity contribution in [3.63, 3.8) is 0 Å². The van der Waals surface area contributed by atoms with E-state index in [0.717, 1.165) is 40.5 Å². The molecule has 2 heterocycles. The summed E-state index contributed by atoms with van der Waals surface area (Å²) in [6, 6.07) is 5.75. The Labute approximate surface area is 131 Å². The summed E-state index contributed by atoms with van der Waals surface area (Å²) < 4.78 is 2.10. The molecule has 6 heteroatoms. The van der Waals surface area contributed by atoms with Gasteiger partial charge in [-0.1, -0.05) is 17.7 Å². The number of aromatic nitrogens is 3. The van der Waals surface area contributed by atoms with Crippen molar-refractivity contribution in [2.24, 2.45) is 0 Å². The lowest BCUT2D eigenvalue weighted by atomic mass is 10.3. The minimum absolute atomic E-state index is 0.376. The molecule has 0 radical (unpaired) electrons. The first-order valence-corrected chi connectivity index (χ1v) is 8.09. The van der Waals surface area contributed by atoms with Crippen molar-refractivity contribution < 1.29 is 0 Å². The van der Waals surface area contributed by atoms with Crippen LogP contribution in [0.1, 0.15) is 16.5 Å². The second kappa shape index (κ2) is 5.72. The maximum atomic E-state index is 6.30. The van der Waals surface area contributed by atoms with Gasteiger partial charge >= 0.3 is 0 Å². The number of aryl methyl sites for hydroxylation is 3. The molecule has 2 aromatic heterocycles. The van der Waals surface area contributed by atoms with Gasteiger partial charge in [0.2, 0.25) is 0 Å². The number of alkyl halides is 1. The second-order valence-electron chi connectivity index (χ2n) is 4.53. The number of imidazole rings is 1. The Morgan fingerprint density at radius 3 is 2.85 bits per heavy atom. The number of fused-ring (bicyclic) bond motifs is 1. The molecule has 104 valence electrons. The van der Waals surface area contributed by atoms with Crippen molar-refractivity contribution in [1.82, 2.24) is 14.5 Å². The molecule has 1 aromatic carbocycles. The first kappa shape index (κ1) is 13.9. The lowest BCUT2D eigenvalue weighted by Crippen LogP contribution is -2.05. The Hall–Kier alpha value is -1.10. The van der Waals surface area contributed by atoms with Gasteiger partial charge in [0.1, 0.15) is 5.82 Å². The van der Waals surface area contributed by atoms with Gasteiger partial charge < -0.3 is 4.57 Å². The summed E-state index contributed by atoms with van der Waals surface area (Å²) in [6.07, 6.45) is 0.852. The van der Waals surface area contributed by atoms with Crippen LogP contribution in [0.5, 0.6) is 0 Å². The third kappa shape index (κ3) is 2.55. The van der Waals surface area contributed by atoms with Crippen LogP contribution in [0.15, 0.2) is 23.6 Å². The van der Waals surface area contributed by atoms with E-state index in [2.05, 4.69) is 19.9 Å². The van der Waals surface area contributed by atoms with E-state index in [1.54, 1.807) is 11.3 Å². The zero-order valence-electron chi connectivity index (χ0n) is 10.9. The van der Waals surface area contributed by atoms with Crippen LogP contribution in [0, 0.1) is 6.92 Å². The fourth-order valence-electron chi connectivity index (χ4n) is 2.28. The molecule has 0 unspecified atom stereocenters. The quantitative estimate of drug-likeness (QED) is 0.664. The van der Waals surface area contributed by atoms with Gasteiger partial charge in [0.05, 0.1) is 32.6 Å². The van der Waals surface area contributed by atoms with Gasteiger partial charge in [-0.3, -0.25) is 0 Å². The summed E-state index contributed by atoms with van der Waals surface area (Å²) in [5.74, 6) is 1.22. The number of nitrogens with zero attached hydrogens (tertiary/aromatic N) is 3. The lowest BCUT2D eigenvalue weighted by molar-refractivity contribution is 0.680. The first-order valence-electron chi connectivity index (χ1n) is 6.29. The number of hydrogen-bond acceptors (Lipinski definition) is 3. The molecule has 0 amide bonds. The van der Waals surface area contributed by atoms with Crippen molar-refractivity contribution in [3.8, 4) is 0 Å². The summed E-state index contributed by atoms with van der Waals surface area (Å²) in [6.45, 7) is 2.80. The number of thiazole rings is 1. The Morgan fingerprint density at radius 1 is 1.30 bits per heavy atom. The molecule has 0 fully saturated rings. The summed E-state index contributed by atoms with van der Waals surface area (Å²) in [5.41, 5.74) is 2.95. The molecule has 0 spiro atoms. The van der Waals surface area contributed by atoms with Gasteiger partial charge in [-0.15, -0.1) is 22.9 Å². The zero-order valence-corrected chi connectivity index (χ0v) is 13.3. The van der Waals surface area contributed by atoms with Gasteiger partial charge in [-0.2, -0.15) is 0 Å². The van der Waals surface area contributed by atoms with Gasteiger partial charge in [0, 0.05) is 18.3 Å². The highest BCUT2D eigenvalue weighted by molar-refractivity contribution is 7.09. The van der Waals surface area contributed by atoms with Crippen LogP contribution in [0.25, 0.3) is 11.0 Å². The minimum atomic E-state index is 0.376. The molecule has 0 atom stereocenters. The molecular formula is C14H13Cl2N3S. The van der Waals surface area contributed by atoms with Crippen LogP contribution in [0.2, 0.25) is 5.02 Å². The van der Waals surface area contributed by atoms with E-state index in [-0.39, 0.29) is 0 Å². The Morgan fingerprint density at radius 2 is 2.15 bits per heavy atom. The highest BCUT2D eigenvalue weighted by atomic mass is 35.5. The van der Waals surface area contributed by atoms with E-state index < -0.39 is 0 Å². The molecular weight excluding hydrogens is 313 g/mol. The number of hydrogen-bond donors (Lipinski definition) is 0. The standard InChI is InChI=1S/C14H13Cl2N3S/c1-9-17-10(8-20-9)5-6-19-13(7-15)18-12-4-2-3-11(16)14(12)19/h2-4,8H,5-7H2,1H3. The van der Waals surface area contributed by atoms with E-state index >= 15 is 0 Å². The van der Waals surface area contributed by atoms with E-state index in [1.165, 1.54) is 0 Å². The lowest BCUT2D eigenvalue weighted by Gasteiger charge is -2.07. The van der Waals surface area contributed by atoms with Crippen molar-refractivity contribution in [2.75, 3.05) is 0 Å². The maximum absolute atomic E-state index is 6.30. The fraction of sp³-hybridized carbons (Fsp3) is 0.286. The summed E-state index contributed by atoms with van der Waals surface area (Å²) in [7, 11) is 0. The smallest absolute Gasteiger partial charge is 0.124 e. The fourth-order valence-corrected chi connectivity index (χ4v) is 3.40. The van der Waals surface area contributed by atoms with Gasteiger partial charge in [-0.05, 0) is 19.1 Å². The Kier molecular flexibility index (Phi) is 3.96. The minimum Gasteiger partial charge on any atom is -0.325 e. The van der Waals surface area contributed by atoms with Crippen molar-refractivity contribution in [2.45, 2.75) is 25.8 Å². The molecule has 0 aliphatic heterocycles. The Bertz CT molecular complexity index is 748. The molecule has 0 saturated carbocycles. The molecule has 0 aliphatic rings. The second-order valence-corrected chi connectivity index (χ2v) is 6.27. The monoisotopic (exact) mass is 325 g/mol. The SMILES string of the molecule is Cc1nc(CCn2c(CCl)nc3cccc(Cl)c32)cs1. The average molecular weight is 326 g/mol. The van der Waals surface area contributed by atoms with Crippen LogP contribution < -0.4 is 0 Å². The van der Waals surface area contributed by atoms with Gasteiger partial charge in [0.25, 0.3) is 0 Å². The van der Waals surface area contributed by atoms with Crippen LogP contribution in [-0.4, -0.2) is 14.5 Å². The van der Waals surface area contributed by atoms with Crippen molar-refractivity contribution >= 4 is 45.6 Å². The van der Waals surface area contributed by atoms with E-state index in [0.29, 0.717) is 10.9 Å². The van der Waals surface area contributed by atoms with Crippen LogP contribution in [0.4, 0.5) is 0 Å². The van der Waals surface area contributed by atoms with Gasteiger partial charge in [0.15, 0.2) is 0 Å². The topological polar surface area (TPSA) is 30.7 Å². The zero-order chi connectivity index (χ0) is 14.1. The normalized spacial score (nSPS) is 11.3.